The second-order valence-corrected chi connectivity index (χ2v) is 4.30. The first-order valence-corrected chi connectivity index (χ1v) is 7.02. The maximum atomic E-state index is 5.43. The molecule has 19 heavy (non-hydrogen) atoms. The van der Waals surface area contributed by atoms with Gasteiger partial charge in [0.05, 0.1) is 6.61 Å². The highest BCUT2D eigenvalue weighted by Crippen LogP contribution is 2.16. The summed E-state index contributed by atoms with van der Waals surface area (Å²) in [4.78, 5) is 0. The summed E-state index contributed by atoms with van der Waals surface area (Å²) in [6, 6.07) is 7.74. The van der Waals surface area contributed by atoms with E-state index in [9.17, 15) is 0 Å². The van der Waals surface area contributed by atoms with Gasteiger partial charge < -0.3 is 20.1 Å². The first-order valence-electron chi connectivity index (χ1n) is 6.61. The number of hydrogen-bond donors (Lipinski definition) is 2. The van der Waals surface area contributed by atoms with Gasteiger partial charge in [0.2, 0.25) is 0 Å². The number of anilines is 1. The molecule has 4 nitrogen and oxygen atoms in total. The highest BCUT2D eigenvalue weighted by molar-refractivity contribution is 7.80. The molecule has 1 rings (SSSR count). The van der Waals surface area contributed by atoms with Crippen LogP contribution in [0.25, 0.3) is 0 Å². The third-order valence-corrected chi connectivity index (χ3v) is 2.60. The highest BCUT2D eigenvalue weighted by atomic mass is 32.1. The first-order chi connectivity index (χ1) is 9.26. The van der Waals surface area contributed by atoms with Crippen molar-refractivity contribution in [3.63, 3.8) is 0 Å². The van der Waals surface area contributed by atoms with Gasteiger partial charge in [-0.2, -0.15) is 0 Å². The van der Waals surface area contributed by atoms with Crippen LogP contribution >= 0.6 is 12.2 Å². The number of benzene rings is 1. The van der Waals surface area contributed by atoms with Gasteiger partial charge in [-0.25, -0.2) is 0 Å². The summed E-state index contributed by atoms with van der Waals surface area (Å²) in [6.07, 6.45) is 0.939. The van der Waals surface area contributed by atoms with Crippen molar-refractivity contribution in [3.8, 4) is 5.75 Å². The molecule has 0 aliphatic carbocycles. The van der Waals surface area contributed by atoms with Crippen LogP contribution in [0.2, 0.25) is 0 Å². The van der Waals surface area contributed by atoms with E-state index in [1.807, 2.05) is 38.1 Å². The molecule has 0 bridgehead atoms. The largest absolute Gasteiger partial charge is 0.494 e. The topological polar surface area (TPSA) is 42.5 Å². The summed E-state index contributed by atoms with van der Waals surface area (Å²) in [5.74, 6) is 0.839. The minimum atomic E-state index is 0.616. The minimum absolute atomic E-state index is 0.616. The van der Waals surface area contributed by atoms with Gasteiger partial charge in [0, 0.05) is 31.5 Å². The van der Waals surface area contributed by atoms with Crippen LogP contribution in [-0.2, 0) is 4.74 Å². The third-order valence-electron chi connectivity index (χ3n) is 2.36. The van der Waals surface area contributed by atoms with E-state index >= 15 is 0 Å². The normalized spacial score (nSPS) is 10.0. The molecule has 1 aromatic carbocycles. The Hall–Kier alpha value is -1.33. The van der Waals surface area contributed by atoms with Gasteiger partial charge in [-0.05, 0) is 44.6 Å². The third kappa shape index (κ3) is 6.98. The maximum Gasteiger partial charge on any atom is 0.170 e. The van der Waals surface area contributed by atoms with Crippen molar-refractivity contribution in [3.05, 3.63) is 24.3 Å². The molecule has 2 N–H and O–H groups in total. The molecule has 5 heteroatoms. The van der Waals surface area contributed by atoms with E-state index in [0.29, 0.717) is 11.7 Å². The Balaban J connectivity index is 2.29. The molecule has 0 saturated carbocycles. The summed E-state index contributed by atoms with van der Waals surface area (Å²) in [5.41, 5.74) is 0.924. The highest BCUT2D eigenvalue weighted by Gasteiger charge is 1.99. The Bertz CT molecular complexity index is 385. The molecule has 0 spiro atoms. The molecule has 0 unspecified atom stereocenters. The summed E-state index contributed by atoms with van der Waals surface area (Å²) in [6.45, 7) is 6.93. The summed E-state index contributed by atoms with van der Waals surface area (Å²) in [7, 11) is 0. The monoisotopic (exact) mass is 282 g/mol. The van der Waals surface area contributed by atoms with Crippen LogP contribution in [0.1, 0.15) is 20.3 Å². The Labute approximate surface area is 120 Å². The van der Waals surface area contributed by atoms with E-state index in [-0.39, 0.29) is 0 Å². The van der Waals surface area contributed by atoms with Crippen LogP contribution in [-0.4, -0.2) is 31.5 Å². The first kappa shape index (κ1) is 15.7. The molecular weight excluding hydrogens is 260 g/mol. The van der Waals surface area contributed by atoms with Gasteiger partial charge in [0.15, 0.2) is 5.11 Å². The lowest BCUT2D eigenvalue weighted by Crippen LogP contribution is -2.29. The van der Waals surface area contributed by atoms with Crippen molar-refractivity contribution < 1.29 is 9.47 Å². The van der Waals surface area contributed by atoms with Crippen molar-refractivity contribution in [2.45, 2.75) is 20.3 Å². The molecule has 0 fully saturated rings. The zero-order valence-corrected chi connectivity index (χ0v) is 12.4. The zero-order chi connectivity index (χ0) is 13.9. The number of rotatable bonds is 8. The lowest BCUT2D eigenvalue weighted by molar-refractivity contribution is 0.146. The Morgan fingerprint density at radius 2 is 2.11 bits per heavy atom. The average Bonchev–Trinajstić information content (AvgIpc) is 2.39. The summed E-state index contributed by atoms with van der Waals surface area (Å²) in [5, 5.41) is 6.89. The quantitative estimate of drug-likeness (QED) is 0.567. The number of nitrogens with one attached hydrogen (secondary N) is 2. The molecule has 1 aromatic rings. The van der Waals surface area contributed by atoms with Gasteiger partial charge in [-0.1, -0.05) is 6.07 Å². The minimum Gasteiger partial charge on any atom is -0.494 e. The van der Waals surface area contributed by atoms with Gasteiger partial charge in [-0.3, -0.25) is 0 Å². The predicted octanol–water partition coefficient (Wildman–Crippen LogP) is 2.80. The van der Waals surface area contributed by atoms with Crippen LogP contribution in [0, 0.1) is 0 Å². The summed E-state index contributed by atoms with van der Waals surface area (Å²) < 4.78 is 10.7. The van der Waals surface area contributed by atoms with E-state index in [0.717, 1.165) is 37.6 Å². The maximum absolute atomic E-state index is 5.43. The van der Waals surface area contributed by atoms with Crippen LogP contribution in [0.15, 0.2) is 24.3 Å². The average molecular weight is 282 g/mol. The molecule has 0 atom stereocenters. The lowest BCUT2D eigenvalue weighted by Gasteiger charge is -2.11. The fourth-order valence-corrected chi connectivity index (χ4v) is 1.75. The van der Waals surface area contributed by atoms with Gasteiger partial charge in [-0.15, -0.1) is 0 Å². The van der Waals surface area contributed by atoms with E-state index < -0.39 is 0 Å². The molecule has 0 aromatic heterocycles. The van der Waals surface area contributed by atoms with E-state index in [4.69, 9.17) is 21.7 Å². The Morgan fingerprint density at radius 1 is 1.26 bits per heavy atom. The van der Waals surface area contributed by atoms with E-state index in [1.54, 1.807) is 0 Å². The molecule has 106 valence electrons. The molecule has 0 aliphatic rings. The van der Waals surface area contributed by atoms with Crippen LogP contribution in [0.3, 0.4) is 0 Å². The van der Waals surface area contributed by atoms with E-state index in [2.05, 4.69) is 10.6 Å². The Morgan fingerprint density at radius 3 is 2.84 bits per heavy atom. The smallest absolute Gasteiger partial charge is 0.170 e. The second-order valence-electron chi connectivity index (χ2n) is 3.89. The molecule has 0 amide bonds. The number of thiocarbonyl (C=S) groups is 1. The molecule has 0 heterocycles. The van der Waals surface area contributed by atoms with Crippen molar-refractivity contribution in [1.29, 1.82) is 0 Å². The number of hydrogen-bond acceptors (Lipinski definition) is 3. The molecular formula is C14H22N2O2S. The fourth-order valence-electron chi connectivity index (χ4n) is 1.53. The van der Waals surface area contributed by atoms with Gasteiger partial charge in [0.1, 0.15) is 5.75 Å². The van der Waals surface area contributed by atoms with Crippen LogP contribution in [0.4, 0.5) is 5.69 Å². The van der Waals surface area contributed by atoms with Crippen LogP contribution < -0.4 is 15.4 Å². The molecule has 0 saturated heterocycles. The molecule has 0 aliphatic heterocycles. The second kappa shape index (κ2) is 9.58. The molecule has 0 radical (unpaired) electrons. The fraction of sp³-hybridized carbons (Fsp3) is 0.500. The summed E-state index contributed by atoms with van der Waals surface area (Å²) >= 11 is 5.22. The lowest BCUT2D eigenvalue weighted by atomic mass is 10.3. The van der Waals surface area contributed by atoms with Crippen molar-refractivity contribution in [2.75, 3.05) is 31.7 Å². The van der Waals surface area contributed by atoms with Crippen molar-refractivity contribution in [2.24, 2.45) is 0 Å². The predicted molar refractivity (Wildman–Crippen MR) is 82.9 cm³/mol. The van der Waals surface area contributed by atoms with Gasteiger partial charge >= 0.3 is 0 Å². The zero-order valence-electron chi connectivity index (χ0n) is 11.6. The standard InChI is InChI=1S/C14H22N2O2S/c1-3-17-10-6-9-15-14(19)16-12-7-5-8-13(11-12)18-4-2/h5,7-8,11H,3-4,6,9-10H2,1-2H3,(H2,15,16,19). The van der Waals surface area contributed by atoms with Crippen LogP contribution in [0.5, 0.6) is 5.75 Å². The Kier molecular flexibility index (Phi) is 7.93. The SMILES string of the molecule is CCOCCCNC(=S)Nc1cccc(OCC)c1. The van der Waals surface area contributed by atoms with E-state index in [1.165, 1.54) is 0 Å². The van der Waals surface area contributed by atoms with Crippen molar-refractivity contribution in [1.82, 2.24) is 5.32 Å². The number of ether oxygens (including phenoxy) is 2. The van der Waals surface area contributed by atoms with Gasteiger partial charge in [0.25, 0.3) is 0 Å². The van der Waals surface area contributed by atoms with Crippen molar-refractivity contribution >= 4 is 23.0 Å².